The summed E-state index contributed by atoms with van der Waals surface area (Å²) >= 11 is 1.45. The van der Waals surface area contributed by atoms with Gasteiger partial charge in [-0.2, -0.15) is 22.0 Å². The Kier molecular flexibility index (Phi) is 8.43. The maximum Gasteiger partial charge on any atom is 0.336 e. The number of nitrogens with zero attached hydrogens (tertiary/aromatic N) is 3. The third-order valence-corrected chi connectivity index (χ3v) is 11.2. The van der Waals surface area contributed by atoms with Gasteiger partial charge in [0.2, 0.25) is 8.32 Å². The highest BCUT2D eigenvalue weighted by Crippen LogP contribution is 2.42. The second-order valence-corrected chi connectivity index (χ2v) is 15.0. The van der Waals surface area contributed by atoms with Gasteiger partial charge < -0.3 is 24.1 Å². The van der Waals surface area contributed by atoms with Crippen LogP contribution in [-0.2, 0) is 5.75 Å². The molecule has 2 aromatic rings. The monoisotopic (exact) mass is 492 g/mol. The number of hydrogen-bond acceptors (Lipinski definition) is 9. The van der Waals surface area contributed by atoms with Crippen LogP contribution in [0.3, 0.4) is 0 Å². The number of benzene rings is 1. The van der Waals surface area contributed by atoms with Crippen molar-refractivity contribution in [1.82, 2.24) is 15.5 Å². The minimum absolute atomic E-state index is 0.0729. The zero-order chi connectivity index (χ0) is 25.0. The quantitative estimate of drug-likeness (QED) is 0.270. The van der Waals surface area contributed by atoms with Gasteiger partial charge in [-0.05, 0) is 32.0 Å². The zero-order valence-electron chi connectivity index (χ0n) is 20.4. The average molecular weight is 493 g/mol. The molecule has 0 saturated carbocycles. The summed E-state index contributed by atoms with van der Waals surface area (Å²) in [6.45, 7) is 14.0. The number of methoxy groups -OCH3 is 1. The fourth-order valence-electron chi connectivity index (χ4n) is 2.94. The number of aromatic carboxylic acids is 1. The number of nitriles is 1. The summed E-state index contributed by atoms with van der Waals surface area (Å²) in [6.07, 6.45) is 1.92. The third kappa shape index (κ3) is 6.20. The van der Waals surface area contributed by atoms with Crippen molar-refractivity contribution in [2.24, 2.45) is 0 Å². The highest BCUT2D eigenvalue weighted by atomic mass is 32.2. The summed E-state index contributed by atoms with van der Waals surface area (Å²) in [4.78, 5) is 16.4. The van der Waals surface area contributed by atoms with Crippen molar-refractivity contribution in [2.75, 3.05) is 12.9 Å². The minimum Gasteiger partial charge on any atom is -0.543 e. The Balaban J connectivity index is 2.43. The summed E-state index contributed by atoms with van der Waals surface area (Å²) < 4.78 is 17.2. The summed E-state index contributed by atoms with van der Waals surface area (Å²) in [5.41, 5.74) is 1.31. The summed E-state index contributed by atoms with van der Waals surface area (Å²) in [5.74, 6) is 1.51. The molecule has 0 radical (unpaired) electrons. The van der Waals surface area contributed by atoms with Gasteiger partial charge in [-0.25, -0.2) is 4.79 Å². The van der Waals surface area contributed by atoms with Crippen molar-refractivity contribution in [1.29, 1.82) is 5.26 Å². The van der Waals surface area contributed by atoms with Crippen LogP contribution in [0.2, 0.25) is 18.1 Å². The first-order valence-electron chi connectivity index (χ1n) is 10.5. The molecular weight excluding hydrogens is 460 g/mol. The highest BCUT2D eigenvalue weighted by Gasteiger charge is 2.40. The lowest BCUT2D eigenvalue weighted by Crippen LogP contribution is -2.44. The molecule has 2 rings (SSSR count). The summed E-state index contributed by atoms with van der Waals surface area (Å²) in [7, 11) is -0.741. The van der Waals surface area contributed by atoms with E-state index in [1.165, 1.54) is 18.9 Å². The lowest BCUT2D eigenvalue weighted by Gasteiger charge is -2.37. The molecule has 180 valence electrons. The van der Waals surface area contributed by atoms with Gasteiger partial charge in [-0.15, -0.1) is 0 Å². The average Bonchev–Trinajstić information content (AvgIpc) is 3.13. The normalized spacial score (nSPS) is 12.7. The van der Waals surface area contributed by atoms with Crippen molar-refractivity contribution < 1.29 is 23.6 Å². The molecule has 0 amide bonds. The first kappa shape index (κ1) is 26.5. The van der Waals surface area contributed by atoms with E-state index in [0.717, 1.165) is 0 Å². The molecule has 1 atom stereocenters. The number of nitrogens with one attached hydrogen (secondary N) is 1. The number of carboxylic acid groups (broad SMARTS) is 1. The third-order valence-electron chi connectivity index (χ3n) is 5.82. The van der Waals surface area contributed by atoms with Crippen LogP contribution in [0.5, 0.6) is 11.5 Å². The Hall–Kier alpha value is -2.71. The van der Waals surface area contributed by atoms with Gasteiger partial charge in [0.05, 0.1) is 12.7 Å². The van der Waals surface area contributed by atoms with E-state index in [4.69, 9.17) is 18.9 Å². The van der Waals surface area contributed by atoms with E-state index in [2.05, 4.69) is 49.3 Å². The van der Waals surface area contributed by atoms with Gasteiger partial charge in [0.1, 0.15) is 17.5 Å². The van der Waals surface area contributed by atoms with Gasteiger partial charge in [0, 0.05) is 28.7 Å². The fraction of sp³-hybridized carbons (Fsp3) is 0.545. The summed E-state index contributed by atoms with van der Waals surface area (Å²) in [5, 5.41) is 25.5. The molecule has 33 heavy (non-hydrogen) atoms. The Labute approximate surface area is 200 Å². The van der Waals surface area contributed by atoms with Crippen molar-refractivity contribution in [2.45, 2.75) is 64.5 Å². The van der Waals surface area contributed by atoms with Crippen LogP contribution in [-0.4, -0.2) is 42.4 Å². The van der Waals surface area contributed by atoms with E-state index in [9.17, 15) is 9.90 Å². The fourth-order valence-corrected chi connectivity index (χ4v) is 5.05. The van der Waals surface area contributed by atoms with E-state index in [1.807, 2.05) is 6.19 Å². The van der Waals surface area contributed by atoms with Gasteiger partial charge in [-0.1, -0.05) is 25.9 Å². The van der Waals surface area contributed by atoms with E-state index in [1.54, 1.807) is 19.9 Å². The number of rotatable bonds is 10. The van der Waals surface area contributed by atoms with E-state index in [-0.39, 0.29) is 10.6 Å². The van der Waals surface area contributed by atoms with Gasteiger partial charge >= 0.3 is 5.97 Å². The van der Waals surface area contributed by atoms with Crippen molar-refractivity contribution in [3.63, 3.8) is 0 Å². The second-order valence-electron chi connectivity index (χ2n) is 9.23. The summed E-state index contributed by atoms with van der Waals surface area (Å²) in [6, 6.07) is 1.29. The van der Waals surface area contributed by atoms with Crippen LogP contribution in [0.1, 0.15) is 60.0 Å². The number of aryl methyl sites for hydroxylation is 1. The predicted molar refractivity (Wildman–Crippen MR) is 129 cm³/mol. The van der Waals surface area contributed by atoms with Crippen LogP contribution in [0.4, 0.5) is 0 Å². The molecule has 0 aliphatic carbocycles. The molecule has 0 spiro atoms. The SMILES string of the molecule is COc1cc(O[Si](C)(C)C(C)(C)C)c(CSC[C@H](NC#N)c2nc(C)no2)c(C(=O)O)c1C. The number of aromatic nitrogens is 2. The maximum absolute atomic E-state index is 12.3. The molecule has 0 bridgehead atoms. The van der Waals surface area contributed by atoms with Gasteiger partial charge in [0.15, 0.2) is 12.0 Å². The van der Waals surface area contributed by atoms with Crippen LogP contribution in [0.25, 0.3) is 0 Å². The Bertz CT molecular complexity index is 1040. The standard InChI is InChI=1S/C22H32N4O5SSi/c1-13-17(29-6)9-18(31-33(7,8)22(3,4)5)15(19(13)21(27)28)10-32-11-16(24-12-23)20-25-14(2)26-30-20/h9,16,24H,10-11H2,1-8H3,(H,27,28)/t16-/m0/s1. The van der Waals surface area contributed by atoms with Crippen LogP contribution in [0, 0.1) is 25.3 Å². The largest absolute Gasteiger partial charge is 0.543 e. The van der Waals surface area contributed by atoms with Crippen molar-refractivity contribution >= 4 is 26.0 Å². The Morgan fingerprint density at radius 1 is 1.36 bits per heavy atom. The van der Waals surface area contributed by atoms with Gasteiger partial charge in [0.25, 0.3) is 5.89 Å². The first-order valence-corrected chi connectivity index (χ1v) is 14.5. The molecular formula is C22H32N4O5SSi. The molecule has 1 aromatic carbocycles. The van der Waals surface area contributed by atoms with Crippen molar-refractivity contribution in [3.8, 4) is 17.7 Å². The molecule has 11 heteroatoms. The minimum atomic E-state index is -2.26. The highest BCUT2D eigenvalue weighted by molar-refractivity contribution is 7.98. The predicted octanol–water partition coefficient (Wildman–Crippen LogP) is 4.82. The topological polar surface area (TPSA) is 130 Å². The molecule has 0 unspecified atom stereocenters. The maximum atomic E-state index is 12.3. The van der Waals surface area contributed by atoms with E-state index < -0.39 is 20.3 Å². The lowest BCUT2D eigenvalue weighted by atomic mass is 10.0. The van der Waals surface area contributed by atoms with E-state index >= 15 is 0 Å². The number of carboxylic acids is 1. The number of ether oxygens (including phenoxy) is 1. The number of thioether (sulfide) groups is 1. The molecule has 0 aliphatic rings. The Morgan fingerprint density at radius 3 is 2.52 bits per heavy atom. The zero-order valence-corrected chi connectivity index (χ0v) is 22.2. The Morgan fingerprint density at radius 2 is 2.03 bits per heavy atom. The molecule has 2 N–H and O–H groups in total. The van der Waals surface area contributed by atoms with Crippen LogP contribution in [0.15, 0.2) is 10.6 Å². The van der Waals surface area contributed by atoms with Crippen LogP contribution < -0.4 is 14.5 Å². The van der Waals surface area contributed by atoms with Crippen molar-refractivity contribution in [3.05, 3.63) is 34.5 Å². The molecule has 0 aliphatic heterocycles. The number of carbonyl (C=O) groups is 1. The molecule has 9 nitrogen and oxygen atoms in total. The van der Waals surface area contributed by atoms with Crippen LogP contribution >= 0.6 is 11.8 Å². The van der Waals surface area contributed by atoms with E-state index in [0.29, 0.717) is 45.8 Å². The van der Waals surface area contributed by atoms with Gasteiger partial charge in [-0.3, -0.25) is 0 Å². The smallest absolute Gasteiger partial charge is 0.336 e. The number of hydrogen-bond donors (Lipinski definition) is 2. The molecule has 1 heterocycles. The first-order chi connectivity index (χ1) is 15.3. The lowest BCUT2D eigenvalue weighted by molar-refractivity contribution is 0.0694. The molecule has 0 saturated heterocycles. The molecule has 1 aromatic heterocycles. The molecule has 0 fully saturated rings. The second kappa shape index (κ2) is 10.5.